The van der Waals surface area contributed by atoms with E-state index in [0.717, 1.165) is 0 Å². The summed E-state index contributed by atoms with van der Waals surface area (Å²) in [6.45, 7) is 0. The Labute approximate surface area is 111 Å². The summed E-state index contributed by atoms with van der Waals surface area (Å²) in [7, 11) is 1.54. The first kappa shape index (κ1) is 12.9. The number of halogens is 1. The number of nitrogens with zero attached hydrogens (tertiary/aromatic N) is 1. The highest BCUT2D eigenvalue weighted by Gasteiger charge is 2.16. The van der Waals surface area contributed by atoms with Gasteiger partial charge in [0, 0.05) is 5.56 Å². The van der Waals surface area contributed by atoms with Crippen LogP contribution in [0.15, 0.2) is 48.5 Å². The van der Waals surface area contributed by atoms with Gasteiger partial charge < -0.3 is 10.1 Å². The Morgan fingerprint density at radius 3 is 2.53 bits per heavy atom. The number of ether oxygens (including phenoxy) is 1. The summed E-state index contributed by atoms with van der Waals surface area (Å²) in [5, 5.41) is 12.1. The summed E-state index contributed by atoms with van der Waals surface area (Å²) in [4.78, 5) is 0. The average Bonchev–Trinajstić information content (AvgIpc) is 2.46. The molecule has 0 saturated heterocycles. The minimum Gasteiger partial charge on any atom is -0.496 e. The third-order valence-corrected chi connectivity index (χ3v) is 2.75. The monoisotopic (exact) mass is 256 g/mol. The maximum Gasteiger partial charge on any atom is 0.146 e. The minimum absolute atomic E-state index is 0.292. The molecule has 2 aromatic rings. The Morgan fingerprint density at radius 2 is 1.84 bits per heavy atom. The van der Waals surface area contributed by atoms with Crippen molar-refractivity contribution in [3.05, 3.63) is 59.9 Å². The van der Waals surface area contributed by atoms with E-state index in [2.05, 4.69) is 11.4 Å². The smallest absolute Gasteiger partial charge is 0.146 e. The number of hydrogen-bond acceptors (Lipinski definition) is 3. The van der Waals surface area contributed by atoms with Gasteiger partial charge in [-0.2, -0.15) is 5.26 Å². The number of para-hydroxylation sites is 2. The van der Waals surface area contributed by atoms with Crippen molar-refractivity contribution in [2.75, 3.05) is 12.4 Å². The number of nitriles is 1. The summed E-state index contributed by atoms with van der Waals surface area (Å²) in [6.07, 6.45) is 0. The molecule has 0 saturated carbocycles. The lowest BCUT2D eigenvalue weighted by molar-refractivity contribution is 0.409. The maximum atomic E-state index is 13.6. The van der Waals surface area contributed by atoms with Gasteiger partial charge in [-0.05, 0) is 18.2 Å². The van der Waals surface area contributed by atoms with Crippen LogP contribution in [0.2, 0.25) is 0 Å². The van der Waals surface area contributed by atoms with Crippen LogP contribution in [-0.4, -0.2) is 7.11 Å². The fraction of sp³-hybridized carbons (Fsp3) is 0.133. The highest BCUT2D eigenvalue weighted by Crippen LogP contribution is 2.28. The predicted molar refractivity (Wildman–Crippen MR) is 71.4 cm³/mol. The van der Waals surface area contributed by atoms with E-state index in [1.54, 1.807) is 30.3 Å². The Hall–Kier alpha value is -2.54. The van der Waals surface area contributed by atoms with Gasteiger partial charge in [0.2, 0.25) is 0 Å². The number of hydrogen-bond donors (Lipinski definition) is 1. The lowest BCUT2D eigenvalue weighted by Gasteiger charge is -2.16. The second kappa shape index (κ2) is 5.87. The van der Waals surface area contributed by atoms with Crippen LogP contribution in [0.3, 0.4) is 0 Å². The molecule has 0 aliphatic carbocycles. The molecule has 1 N–H and O–H groups in total. The van der Waals surface area contributed by atoms with Gasteiger partial charge in [0.25, 0.3) is 0 Å². The zero-order valence-corrected chi connectivity index (χ0v) is 10.4. The lowest BCUT2D eigenvalue weighted by Crippen LogP contribution is -2.10. The molecule has 0 aromatic heterocycles. The molecule has 1 atom stereocenters. The summed E-state index contributed by atoms with van der Waals surface area (Å²) in [6, 6.07) is 14.9. The predicted octanol–water partition coefficient (Wildman–Crippen LogP) is 3.51. The third kappa shape index (κ3) is 2.83. The normalized spacial score (nSPS) is 11.4. The second-order valence-electron chi connectivity index (χ2n) is 3.93. The molecule has 2 aromatic carbocycles. The molecule has 0 amide bonds. The molecule has 2 rings (SSSR count). The summed E-state index contributed by atoms with van der Waals surface area (Å²) < 4.78 is 18.8. The van der Waals surface area contributed by atoms with Crippen molar-refractivity contribution < 1.29 is 9.13 Å². The molecule has 4 heteroatoms. The van der Waals surface area contributed by atoms with Crippen molar-refractivity contribution in [2.24, 2.45) is 0 Å². The van der Waals surface area contributed by atoms with E-state index in [4.69, 9.17) is 4.74 Å². The van der Waals surface area contributed by atoms with Crippen molar-refractivity contribution in [3.63, 3.8) is 0 Å². The number of nitrogens with one attached hydrogen (secondary N) is 1. The van der Waals surface area contributed by atoms with E-state index in [1.807, 2.05) is 12.1 Å². The van der Waals surface area contributed by atoms with Gasteiger partial charge >= 0.3 is 0 Å². The third-order valence-electron chi connectivity index (χ3n) is 2.75. The number of benzene rings is 2. The summed E-state index contributed by atoms with van der Waals surface area (Å²) >= 11 is 0. The van der Waals surface area contributed by atoms with Crippen LogP contribution < -0.4 is 10.1 Å². The van der Waals surface area contributed by atoms with Gasteiger partial charge in [0.05, 0.1) is 18.9 Å². The highest BCUT2D eigenvalue weighted by atomic mass is 19.1. The van der Waals surface area contributed by atoms with Crippen LogP contribution in [0.1, 0.15) is 11.6 Å². The first-order valence-corrected chi connectivity index (χ1v) is 5.80. The van der Waals surface area contributed by atoms with Crippen LogP contribution in [0, 0.1) is 17.1 Å². The quantitative estimate of drug-likeness (QED) is 0.910. The van der Waals surface area contributed by atoms with Crippen molar-refractivity contribution in [2.45, 2.75) is 6.04 Å². The van der Waals surface area contributed by atoms with Crippen LogP contribution in [0.5, 0.6) is 5.75 Å². The Morgan fingerprint density at radius 1 is 1.16 bits per heavy atom. The van der Waals surface area contributed by atoms with E-state index in [9.17, 15) is 9.65 Å². The molecule has 0 aliphatic heterocycles. The van der Waals surface area contributed by atoms with E-state index >= 15 is 0 Å². The largest absolute Gasteiger partial charge is 0.496 e. The van der Waals surface area contributed by atoms with E-state index in [1.165, 1.54) is 13.2 Å². The molecule has 0 spiro atoms. The van der Waals surface area contributed by atoms with Gasteiger partial charge in [0.1, 0.15) is 17.6 Å². The Bertz CT molecular complexity index is 607. The van der Waals surface area contributed by atoms with Crippen molar-refractivity contribution >= 4 is 5.69 Å². The molecule has 1 unspecified atom stereocenters. The van der Waals surface area contributed by atoms with Crippen molar-refractivity contribution in [1.82, 2.24) is 0 Å². The zero-order valence-electron chi connectivity index (χ0n) is 10.4. The number of methoxy groups -OCH3 is 1. The highest BCUT2D eigenvalue weighted by molar-refractivity contribution is 5.51. The first-order chi connectivity index (χ1) is 9.26. The van der Waals surface area contributed by atoms with E-state index in [-0.39, 0.29) is 0 Å². The number of rotatable bonds is 4. The average molecular weight is 256 g/mol. The van der Waals surface area contributed by atoms with Gasteiger partial charge in [-0.3, -0.25) is 0 Å². The van der Waals surface area contributed by atoms with Gasteiger partial charge in [-0.15, -0.1) is 0 Å². The molecule has 0 fully saturated rings. The molecule has 3 nitrogen and oxygen atoms in total. The summed E-state index contributed by atoms with van der Waals surface area (Å²) in [5.74, 6) is 0.204. The SMILES string of the molecule is COc1ccccc1C(C#N)Nc1ccccc1F. The van der Waals surface area contributed by atoms with Crippen molar-refractivity contribution in [3.8, 4) is 11.8 Å². The standard InChI is InChI=1S/C15H13FN2O/c1-19-15-9-5-2-6-11(15)14(10-17)18-13-8-4-3-7-12(13)16/h2-9,14,18H,1H3. The zero-order chi connectivity index (χ0) is 13.7. The minimum atomic E-state index is -0.673. The molecule has 19 heavy (non-hydrogen) atoms. The van der Waals surface area contributed by atoms with E-state index in [0.29, 0.717) is 17.0 Å². The molecule has 96 valence electrons. The lowest BCUT2D eigenvalue weighted by atomic mass is 10.1. The molecule has 0 radical (unpaired) electrons. The van der Waals surface area contributed by atoms with Crippen LogP contribution in [0.25, 0.3) is 0 Å². The van der Waals surface area contributed by atoms with Crippen molar-refractivity contribution in [1.29, 1.82) is 5.26 Å². The molecular formula is C15H13FN2O. The fourth-order valence-electron chi connectivity index (χ4n) is 1.82. The van der Waals surface area contributed by atoms with Crippen LogP contribution in [-0.2, 0) is 0 Å². The first-order valence-electron chi connectivity index (χ1n) is 5.80. The van der Waals surface area contributed by atoms with Gasteiger partial charge in [-0.25, -0.2) is 4.39 Å². The fourth-order valence-corrected chi connectivity index (χ4v) is 1.82. The number of anilines is 1. The topological polar surface area (TPSA) is 45.0 Å². The molecular weight excluding hydrogens is 243 g/mol. The van der Waals surface area contributed by atoms with E-state index < -0.39 is 11.9 Å². The summed E-state index contributed by atoms with van der Waals surface area (Å²) in [5.41, 5.74) is 0.968. The molecule has 0 aliphatic rings. The van der Waals surface area contributed by atoms with Crippen LogP contribution in [0.4, 0.5) is 10.1 Å². The molecule has 0 bridgehead atoms. The van der Waals surface area contributed by atoms with Gasteiger partial charge in [-0.1, -0.05) is 30.3 Å². The Kier molecular flexibility index (Phi) is 3.99. The second-order valence-corrected chi connectivity index (χ2v) is 3.93. The Balaban J connectivity index is 2.31. The molecule has 0 heterocycles. The maximum absolute atomic E-state index is 13.6. The van der Waals surface area contributed by atoms with Gasteiger partial charge in [0.15, 0.2) is 0 Å². The van der Waals surface area contributed by atoms with Crippen LogP contribution >= 0.6 is 0 Å².